The molecule has 1 aliphatic heterocycles. The molecular formula is C16H34N2O3. The summed E-state index contributed by atoms with van der Waals surface area (Å²) in [4.78, 5) is 2.46. The predicted octanol–water partition coefficient (Wildman–Crippen LogP) is 1.51. The van der Waals surface area contributed by atoms with Crippen LogP contribution in [0.4, 0.5) is 0 Å². The van der Waals surface area contributed by atoms with Crippen molar-refractivity contribution in [1.29, 1.82) is 0 Å². The summed E-state index contributed by atoms with van der Waals surface area (Å²) in [5, 5.41) is 0. The molecule has 21 heavy (non-hydrogen) atoms. The molecule has 126 valence electrons. The van der Waals surface area contributed by atoms with Crippen molar-refractivity contribution >= 4 is 0 Å². The highest BCUT2D eigenvalue weighted by Crippen LogP contribution is 2.14. The van der Waals surface area contributed by atoms with Crippen LogP contribution in [0.1, 0.15) is 32.6 Å². The van der Waals surface area contributed by atoms with Crippen LogP contribution in [0.5, 0.6) is 0 Å². The van der Waals surface area contributed by atoms with Crippen LogP contribution in [0, 0.1) is 5.92 Å². The highest BCUT2D eigenvalue weighted by molar-refractivity contribution is 4.73. The van der Waals surface area contributed by atoms with Crippen LogP contribution >= 0.6 is 0 Å². The first kappa shape index (κ1) is 18.8. The van der Waals surface area contributed by atoms with E-state index < -0.39 is 0 Å². The molecule has 2 N–H and O–H groups in total. The van der Waals surface area contributed by atoms with E-state index in [0.29, 0.717) is 32.3 Å². The molecule has 5 nitrogen and oxygen atoms in total. The van der Waals surface area contributed by atoms with E-state index in [1.54, 1.807) is 0 Å². The summed E-state index contributed by atoms with van der Waals surface area (Å²) in [5.74, 6) is 0.676. The van der Waals surface area contributed by atoms with E-state index in [1.165, 1.54) is 25.8 Å². The molecule has 1 heterocycles. The Morgan fingerprint density at radius 1 is 1.00 bits per heavy atom. The van der Waals surface area contributed by atoms with Crippen molar-refractivity contribution in [1.82, 2.24) is 4.90 Å². The average molecular weight is 302 g/mol. The number of hydrogen-bond donors (Lipinski definition) is 1. The molecule has 1 fully saturated rings. The second-order valence-corrected chi connectivity index (χ2v) is 5.74. The fourth-order valence-corrected chi connectivity index (χ4v) is 2.53. The molecule has 1 saturated heterocycles. The SMILES string of the molecule is CCCCOCCOCCOCCN1CCCC(CN)C1. The van der Waals surface area contributed by atoms with E-state index in [2.05, 4.69) is 11.8 Å². The van der Waals surface area contributed by atoms with Crippen LogP contribution in [-0.4, -0.2) is 70.7 Å². The van der Waals surface area contributed by atoms with Gasteiger partial charge >= 0.3 is 0 Å². The van der Waals surface area contributed by atoms with Crippen LogP contribution in [0.2, 0.25) is 0 Å². The van der Waals surface area contributed by atoms with Gasteiger partial charge in [0.05, 0.1) is 33.0 Å². The zero-order chi connectivity index (χ0) is 15.2. The third-order valence-electron chi connectivity index (χ3n) is 3.87. The van der Waals surface area contributed by atoms with Crippen LogP contribution in [0.15, 0.2) is 0 Å². The lowest BCUT2D eigenvalue weighted by Crippen LogP contribution is -2.40. The fraction of sp³-hybridized carbons (Fsp3) is 1.00. The largest absolute Gasteiger partial charge is 0.379 e. The van der Waals surface area contributed by atoms with Gasteiger partial charge in [-0.25, -0.2) is 0 Å². The molecule has 0 spiro atoms. The maximum atomic E-state index is 5.74. The Morgan fingerprint density at radius 3 is 2.33 bits per heavy atom. The number of unbranched alkanes of at least 4 members (excludes halogenated alkanes) is 1. The minimum Gasteiger partial charge on any atom is -0.379 e. The molecule has 0 aliphatic carbocycles. The average Bonchev–Trinajstić information content (AvgIpc) is 2.53. The first-order chi connectivity index (χ1) is 10.4. The zero-order valence-corrected chi connectivity index (χ0v) is 13.7. The van der Waals surface area contributed by atoms with Gasteiger partial charge in [-0.2, -0.15) is 0 Å². The van der Waals surface area contributed by atoms with E-state index in [-0.39, 0.29) is 0 Å². The Hall–Kier alpha value is -0.200. The molecule has 1 rings (SSSR count). The number of rotatable bonds is 13. The van der Waals surface area contributed by atoms with Crippen LogP contribution in [0.25, 0.3) is 0 Å². The van der Waals surface area contributed by atoms with Crippen LogP contribution < -0.4 is 5.73 Å². The smallest absolute Gasteiger partial charge is 0.0701 e. The van der Waals surface area contributed by atoms with Gasteiger partial charge in [-0.1, -0.05) is 13.3 Å². The first-order valence-electron chi connectivity index (χ1n) is 8.52. The normalized spacial score (nSPS) is 20.0. The van der Waals surface area contributed by atoms with Gasteiger partial charge in [-0.15, -0.1) is 0 Å². The molecule has 0 aromatic heterocycles. The molecule has 0 saturated carbocycles. The van der Waals surface area contributed by atoms with E-state index in [1.807, 2.05) is 0 Å². The monoisotopic (exact) mass is 302 g/mol. The molecule has 0 radical (unpaired) electrons. The summed E-state index contributed by atoms with van der Waals surface area (Å²) < 4.78 is 16.5. The lowest BCUT2D eigenvalue weighted by Gasteiger charge is -2.31. The molecule has 5 heteroatoms. The molecule has 1 aliphatic rings. The fourth-order valence-electron chi connectivity index (χ4n) is 2.53. The number of piperidine rings is 1. The quantitative estimate of drug-likeness (QED) is 0.523. The molecule has 0 aromatic carbocycles. The maximum Gasteiger partial charge on any atom is 0.0701 e. The number of hydrogen-bond acceptors (Lipinski definition) is 5. The molecule has 0 aromatic rings. The highest BCUT2D eigenvalue weighted by Gasteiger charge is 2.17. The summed E-state index contributed by atoms with van der Waals surface area (Å²) in [6.45, 7) is 10.6. The minimum atomic E-state index is 0.655. The van der Waals surface area contributed by atoms with Gasteiger partial charge in [-0.05, 0) is 38.3 Å². The van der Waals surface area contributed by atoms with Gasteiger partial charge in [0.15, 0.2) is 0 Å². The van der Waals surface area contributed by atoms with Crippen molar-refractivity contribution in [3.05, 3.63) is 0 Å². The van der Waals surface area contributed by atoms with E-state index in [4.69, 9.17) is 19.9 Å². The lowest BCUT2D eigenvalue weighted by atomic mass is 9.98. The number of nitrogens with zero attached hydrogens (tertiary/aromatic N) is 1. The maximum absolute atomic E-state index is 5.74. The van der Waals surface area contributed by atoms with Crippen molar-refractivity contribution in [3.63, 3.8) is 0 Å². The second kappa shape index (κ2) is 13.5. The lowest BCUT2D eigenvalue weighted by molar-refractivity contribution is 0.00826. The third kappa shape index (κ3) is 10.2. The van der Waals surface area contributed by atoms with Crippen molar-refractivity contribution in [3.8, 4) is 0 Å². The molecule has 0 bridgehead atoms. The van der Waals surface area contributed by atoms with Gasteiger partial charge in [0, 0.05) is 19.7 Å². The van der Waals surface area contributed by atoms with Crippen LogP contribution in [0.3, 0.4) is 0 Å². The summed E-state index contributed by atoms with van der Waals surface area (Å²) in [5.41, 5.74) is 5.74. The molecule has 1 atom stereocenters. The number of ether oxygens (including phenoxy) is 3. The topological polar surface area (TPSA) is 57.0 Å². The Bertz CT molecular complexity index is 230. The van der Waals surface area contributed by atoms with E-state index in [9.17, 15) is 0 Å². The van der Waals surface area contributed by atoms with Gasteiger partial charge < -0.3 is 24.8 Å². The van der Waals surface area contributed by atoms with Crippen molar-refractivity contribution in [2.24, 2.45) is 11.7 Å². The van der Waals surface area contributed by atoms with Gasteiger partial charge in [-0.3, -0.25) is 0 Å². The number of likely N-dealkylation sites (tertiary alicyclic amines) is 1. The van der Waals surface area contributed by atoms with E-state index in [0.717, 1.165) is 39.3 Å². The third-order valence-corrected chi connectivity index (χ3v) is 3.87. The minimum absolute atomic E-state index is 0.655. The Morgan fingerprint density at radius 2 is 1.67 bits per heavy atom. The van der Waals surface area contributed by atoms with Gasteiger partial charge in [0.1, 0.15) is 0 Å². The van der Waals surface area contributed by atoms with Crippen molar-refractivity contribution in [2.45, 2.75) is 32.6 Å². The Kier molecular flexibility index (Phi) is 12.1. The number of nitrogens with two attached hydrogens (primary N) is 1. The van der Waals surface area contributed by atoms with Gasteiger partial charge in [0.2, 0.25) is 0 Å². The second-order valence-electron chi connectivity index (χ2n) is 5.74. The van der Waals surface area contributed by atoms with E-state index >= 15 is 0 Å². The van der Waals surface area contributed by atoms with Crippen molar-refractivity contribution < 1.29 is 14.2 Å². The first-order valence-corrected chi connectivity index (χ1v) is 8.52. The Labute approximate surface area is 130 Å². The molecule has 1 unspecified atom stereocenters. The van der Waals surface area contributed by atoms with Crippen LogP contribution in [-0.2, 0) is 14.2 Å². The molecular weight excluding hydrogens is 268 g/mol. The zero-order valence-electron chi connectivity index (χ0n) is 13.7. The highest BCUT2D eigenvalue weighted by atomic mass is 16.5. The van der Waals surface area contributed by atoms with Crippen molar-refractivity contribution in [2.75, 3.05) is 65.8 Å². The summed E-state index contributed by atoms with van der Waals surface area (Å²) >= 11 is 0. The summed E-state index contributed by atoms with van der Waals surface area (Å²) in [7, 11) is 0. The predicted molar refractivity (Wildman–Crippen MR) is 85.6 cm³/mol. The Balaban J connectivity index is 1.80. The van der Waals surface area contributed by atoms with Gasteiger partial charge in [0.25, 0.3) is 0 Å². The standard InChI is InChI=1S/C16H34N2O3/c1-2-3-8-19-10-12-21-13-11-20-9-7-18-6-4-5-16(14-17)15-18/h16H,2-15,17H2,1H3. The summed E-state index contributed by atoms with van der Waals surface area (Å²) in [6, 6.07) is 0. The summed E-state index contributed by atoms with van der Waals surface area (Å²) in [6.07, 6.45) is 4.85. The molecule has 0 amide bonds.